The first kappa shape index (κ1) is 15.1. The number of benzene rings is 2. The average molecular weight is 283 g/mol. The standard InChI is InChI=1S/C18H21NO2/c1-13-5-4-6-16(12-13)18(20)19-9-10-21-17-8-7-14(2)11-15(17)3/h4-8,11-12H,9-10H2,1-3H3,(H,19,20). The van der Waals surface area contributed by atoms with Crippen molar-refractivity contribution in [1.82, 2.24) is 5.32 Å². The molecule has 0 saturated heterocycles. The summed E-state index contributed by atoms with van der Waals surface area (Å²) in [6.07, 6.45) is 0. The Kier molecular flexibility index (Phi) is 4.99. The van der Waals surface area contributed by atoms with Crippen LogP contribution in [0.25, 0.3) is 0 Å². The maximum Gasteiger partial charge on any atom is 0.251 e. The summed E-state index contributed by atoms with van der Waals surface area (Å²) in [4.78, 5) is 12.0. The number of aryl methyl sites for hydroxylation is 3. The van der Waals surface area contributed by atoms with E-state index >= 15 is 0 Å². The van der Waals surface area contributed by atoms with Crippen molar-refractivity contribution in [1.29, 1.82) is 0 Å². The molecule has 0 radical (unpaired) electrons. The minimum atomic E-state index is -0.0667. The van der Waals surface area contributed by atoms with Crippen LogP contribution in [-0.2, 0) is 0 Å². The maximum absolute atomic E-state index is 12.0. The first-order valence-corrected chi connectivity index (χ1v) is 7.11. The van der Waals surface area contributed by atoms with Crippen LogP contribution in [0.4, 0.5) is 0 Å². The first-order chi connectivity index (χ1) is 10.1. The molecule has 0 aliphatic carbocycles. The molecule has 3 nitrogen and oxygen atoms in total. The third kappa shape index (κ3) is 4.35. The summed E-state index contributed by atoms with van der Waals surface area (Å²) >= 11 is 0. The van der Waals surface area contributed by atoms with Crippen LogP contribution in [0.1, 0.15) is 27.0 Å². The van der Waals surface area contributed by atoms with Gasteiger partial charge in [0.25, 0.3) is 5.91 Å². The third-order valence-electron chi connectivity index (χ3n) is 3.26. The number of carbonyl (C=O) groups excluding carboxylic acids is 1. The lowest BCUT2D eigenvalue weighted by Gasteiger charge is -2.10. The fraction of sp³-hybridized carbons (Fsp3) is 0.278. The molecule has 0 saturated carbocycles. The molecular formula is C18H21NO2. The van der Waals surface area contributed by atoms with Crippen molar-refractivity contribution in [3.05, 3.63) is 64.7 Å². The van der Waals surface area contributed by atoms with Crippen LogP contribution in [0.3, 0.4) is 0 Å². The van der Waals surface area contributed by atoms with Crippen LogP contribution in [0.5, 0.6) is 5.75 Å². The van der Waals surface area contributed by atoms with Crippen molar-refractivity contribution in [2.75, 3.05) is 13.2 Å². The highest BCUT2D eigenvalue weighted by Gasteiger charge is 2.05. The molecule has 1 amide bonds. The van der Waals surface area contributed by atoms with Gasteiger partial charge in [0.15, 0.2) is 0 Å². The zero-order valence-electron chi connectivity index (χ0n) is 12.8. The Hall–Kier alpha value is -2.29. The Morgan fingerprint density at radius 1 is 1.05 bits per heavy atom. The Balaban J connectivity index is 1.80. The van der Waals surface area contributed by atoms with E-state index in [0.717, 1.165) is 16.9 Å². The van der Waals surface area contributed by atoms with E-state index in [1.165, 1.54) is 5.56 Å². The lowest BCUT2D eigenvalue weighted by Crippen LogP contribution is -2.28. The van der Waals surface area contributed by atoms with Gasteiger partial charge in [0.05, 0.1) is 6.54 Å². The first-order valence-electron chi connectivity index (χ1n) is 7.11. The summed E-state index contributed by atoms with van der Waals surface area (Å²) in [6, 6.07) is 13.6. The van der Waals surface area contributed by atoms with Gasteiger partial charge in [0.1, 0.15) is 12.4 Å². The highest BCUT2D eigenvalue weighted by atomic mass is 16.5. The summed E-state index contributed by atoms with van der Waals surface area (Å²) in [5.74, 6) is 0.799. The number of nitrogens with one attached hydrogen (secondary N) is 1. The van der Waals surface area contributed by atoms with Gasteiger partial charge in [-0.05, 0) is 44.5 Å². The Morgan fingerprint density at radius 3 is 2.52 bits per heavy atom. The van der Waals surface area contributed by atoms with Crippen LogP contribution in [0, 0.1) is 20.8 Å². The van der Waals surface area contributed by atoms with Gasteiger partial charge in [0, 0.05) is 5.56 Å². The van der Waals surface area contributed by atoms with Crippen LogP contribution >= 0.6 is 0 Å². The van der Waals surface area contributed by atoms with Crippen molar-refractivity contribution in [3.63, 3.8) is 0 Å². The molecule has 2 rings (SSSR count). The predicted octanol–water partition coefficient (Wildman–Crippen LogP) is 3.42. The Morgan fingerprint density at radius 2 is 1.81 bits per heavy atom. The highest BCUT2D eigenvalue weighted by molar-refractivity contribution is 5.94. The van der Waals surface area contributed by atoms with Gasteiger partial charge in [-0.1, -0.05) is 35.4 Å². The smallest absolute Gasteiger partial charge is 0.251 e. The maximum atomic E-state index is 12.0. The summed E-state index contributed by atoms with van der Waals surface area (Å²) in [5.41, 5.74) is 4.09. The molecule has 0 bridgehead atoms. The minimum Gasteiger partial charge on any atom is -0.491 e. The van der Waals surface area contributed by atoms with Crippen LogP contribution in [0.2, 0.25) is 0 Å². The molecular weight excluding hydrogens is 262 g/mol. The molecule has 110 valence electrons. The molecule has 3 heteroatoms. The normalized spacial score (nSPS) is 10.2. The van der Waals surface area contributed by atoms with E-state index in [2.05, 4.69) is 18.3 Å². The lowest BCUT2D eigenvalue weighted by molar-refractivity contribution is 0.0947. The van der Waals surface area contributed by atoms with E-state index in [4.69, 9.17) is 4.74 Å². The molecule has 0 unspecified atom stereocenters. The molecule has 0 fully saturated rings. The third-order valence-corrected chi connectivity index (χ3v) is 3.26. The second-order valence-corrected chi connectivity index (χ2v) is 5.24. The van der Waals surface area contributed by atoms with Gasteiger partial charge in [-0.2, -0.15) is 0 Å². The largest absolute Gasteiger partial charge is 0.491 e. The molecule has 2 aromatic rings. The number of rotatable bonds is 5. The average Bonchev–Trinajstić information content (AvgIpc) is 2.45. The predicted molar refractivity (Wildman–Crippen MR) is 84.9 cm³/mol. The molecule has 0 heterocycles. The lowest BCUT2D eigenvalue weighted by atomic mass is 10.1. The molecule has 0 aliphatic heterocycles. The fourth-order valence-electron chi connectivity index (χ4n) is 2.18. The zero-order valence-corrected chi connectivity index (χ0v) is 12.8. The second-order valence-electron chi connectivity index (χ2n) is 5.24. The fourth-order valence-corrected chi connectivity index (χ4v) is 2.18. The molecule has 2 aromatic carbocycles. The van der Waals surface area contributed by atoms with Crippen LogP contribution in [0.15, 0.2) is 42.5 Å². The monoisotopic (exact) mass is 283 g/mol. The molecule has 0 aromatic heterocycles. The molecule has 21 heavy (non-hydrogen) atoms. The number of hydrogen-bond donors (Lipinski definition) is 1. The topological polar surface area (TPSA) is 38.3 Å². The van der Waals surface area contributed by atoms with Gasteiger partial charge in [-0.15, -0.1) is 0 Å². The van der Waals surface area contributed by atoms with E-state index < -0.39 is 0 Å². The number of ether oxygens (including phenoxy) is 1. The van der Waals surface area contributed by atoms with E-state index in [-0.39, 0.29) is 5.91 Å². The van der Waals surface area contributed by atoms with E-state index in [1.807, 2.05) is 50.2 Å². The quantitative estimate of drug-likeness (QED) is 0.854. The van der Waals surface area contributed by atoms with Gasteiger partial charge < -0.3 is 10.1 Å². The van der Waals surface area contributed by atoms with Crippen molar-refractivity contribution in [2.24, 2.45) is 0 Å². The summed E-state index contributed by atoms with van der Waals surface area (Å²) < 4.78 is 5.69. The molecule has 1 N–H and O–H groups in total. The van der Waals surface area contributed by atoms with Crippen molar-refractivity contribution < 1.29 is 9.53 Å². The van der Waals surface area contributed by atoms with E-state index in [9.17, 15) is 4.79 Å². The number of amides is 1. The van der Waals surface area contributed by atoms with Gasteiger partial charge in [0.2, 0.25) is 0 Å². The van der Waals surface area contributed by atoms with Crippen molar-refractivity contribution in [2.45, 2.75) is 20.8 Å². The SMILES string of the molecule is Cc1cccc(C(=O)NCCOc2ccc(C)cc2C)c1. The summed E-state index contributed by atoms with van der Waals surface area (Å²) in [5, 5.41) is 2.86. The summed E-state index contributed by atoms with van der Waals surface area (Å²) in [6.45, 7) is 6.99. The van der Waals surface area contributed by atoms with Crippen molar-refractivity contribution >= 4 is 5.91 Å². The number of hydrogen-bond acceptors (Lipinski definition) is 2. The van der Waals surface area contributed by atoms with E-state index in [1.54, 1.807) is 0 Å². The minimum absolute atomic E-state index is 0.0667. The van der Waals surface area contributed by atoms with Gasteiger partial charge in [-0.25, -0.2) is 0 Å². The van der Waals surface area contributed by atoms with E-state index in [0.29, 0.717) is 18.7 Å². The Bertz CT molecular complexity index is 635. The summed E-state index contributed by atoms with van der Waals surface area (Å²) in [7, 11) is 0. The van der Waals surface area contributed by atoms with Gasteiger partial charge >= 0.3 is 0 Å². The van der Waals surface area contributed by atoms with Crippen molar-refractivity contribution in [3.8, 4) is 5.75 Å². The zero-order chi connectivity index (χ0) is 15.2. The van der Waals surface area contributed by atoms with Crippen LogP contribution in [-0.4, -0.2) is 19.1 Å². The highest BCUT2D eigenvalue weighted by Crippen LogP contribution is 2.18. The molecule has 0 aliphatic rings. The second kappa shape index (κ2) is 6.93. The molecule has 0 spiro atoms. The Labute approximate surface area is 126 Å². The molecule has 0 atom stereocenters. The van der Waals surface area contributed by atoms with Gasteiger partial charge in [-0.3, -0.25) is 4.79 Å². The number of carbonyl (C=O) groups is 1. The van der Waals surface area contributed by atoms with Crippen LogP contribution < -0.4 is 10.1 Å².